The molecule has 11 heteroatoms. The highest BCUT2D eigenvalue weighted by Crippen LogP contribution is 2.29. The van der Waals surface area contributed by atoms with Crippen molar-refractivity contribution in [2.24, 2.45) is 0 Å². The lowest BCUT2D eigenvalue weighted by molar-refractivity contribution is -0.131. The van der Waals surface area contributed by atoms with E-state index in [-0.39, 0.29) is 6.04 Å². The monoisotopic (exact) mass is 322 g/mol. The highest BCUT2D eigenvalue weighted by molar-refractivity contribution is 6.83. The van der Waals surface area contributed by atoms with Crippen LogP contribution in [-0.4, -0.2) is 43.3 Å². The molecule has 0 aromatic rings. The smallest absolute Gasteiger partial charge is 0.389 e. The Balaban J connectivity index is 2.62. The molecule has 1 saturated heterocycles. The summed E-state index contributed by atoms with van der Waals surface area (Å²) in [7, 11) is -7.47. The van der Waals surface area contributed by atoms with Crippen LogP contribution in [0.3, 0.4) is 0 Å². The first kappa shape index (κ1) is 15.6. The molecule has 0 aromatic carbocycles. The molecule has 1 atom stereocenters. The zero-order valence-corrected chi connectivity index (χ0v) is 14.9. The largest absolute Gasteiger partial charge is 0.425 e. The van der Waals surface area contributed by atoms with Gasteiger partial charge in [0.25, 0.3) is 20.0 Å². The van der Waals surface area contributed by atoms with Gasteiger partial charge in [0.2, 0.25) is 0 Å². The molecular formula is C6H17F3O4Si4. The fourth-order valence-corrected chi connectivity index (χ4v) is 13.4. The van der Waals surface area contributed by atoms with Crippen LogP contribution in [0.15, 0.2) is 0 Å². The van der Waals surface area contributed by atoms with Gasteiger partial charge in [-0.25, -0.2) is 0 Å². The average molecular weight is 323 g/mol. The van der Waals surface area contributed by atoms with Gasteiger partial charge in [-0.1, -0.05) is 0 Å². The van der Waals surface area contributed by atoms with E-state index >= 15 is 0 Å². The molecule has 102 valence electrons. The second-order valence-corrected chi connectivity index (χ2v) is 15.3. The summed E-state index contributed by atoms with van der Waals surface area (Å²) in [4.78, 5) is 0. The number of halogens is 3. The summed E-state index contributed by atoms with van der Waals surface area (Å²) in [5.41, 5.74) is 0. The molecule has 0 aliphatic carbocycles. The zero-order chi connectivity index (χ0) is 13.2. The van der Waals surface area contributed by atoms with Gasteiger partial charge in [0, 0.05) is 6.42 Å². The predicted molar refractivity (Wildman–Crippen MR) is 66.0 cm³/mol. The Labute approximate surface area is 105 Å². The Morgan fingerprint density at radius 1 is 1.06 bits per heavy atom. The molecule has 1 unspecified atom stereocenters. The van der Waals surface area contributed by atoms with Gasteiger partial charge in [-0.15, -0.1) is 0 Å². The van der Waals surface area contributed by atoms with Crippen molar-refractivity contribution in [3.05, 3.63) is 0 Å². The molecule has 0 aromatic heterocycles. The number of hydrogen-bond donors (Lipinski definition) is 0. The van der Waals surface area contributed by atoms with Gasteiger partial charge in [0.1, 0.15) is 0 Å². The maximum Gasteiger partial charge on any atom is 0.389 e. The third-order valence-corrected chi connectivity index (χ3v) is 14.6. The van der Waals surface area contributed by atoms with Crippen molar-refractivity contribution in [2.45, 2.75) is 38.3 Å². The first-order valence-electron chi connectivity index (χ1n) is 5.25. The molecule has 1 fully saturated rings. The molecule has 1 aliphatic heterocycles. The molecule has 1 rings (SSSR count). The SMILES string of the molecule is C[Si]1(C)O[SiH2]O[SiH2]O[Si](C)(CCC(F)(F)F)O1. The first-order valence-corrected chi connectivity index (χ1v) is 12.9. The van der Waals surface area contributed by atoms with Crippen LogP contribution in [0.1, 0.15) is 6.42 Å². The highest BCUT2D eigenvalue weighted by Gasteiger charge is 2.43. The van der Waals surface area contributed by atoms with Crippen LogP contribution in [-0.2, 0) is 16.5 Å². The van der Waals surface area contributed by atoms with Crippen molar-refractivity contribution in [1.82, 2.24) is 0 Å². The summed E-state index contributed by atoms with van der Waals surface area (Å²) in [6, 6.07) is -0.0891. The van der Waals surface area contributed by atoms with Crippen molar-refractivity contribution < 1.29 is 29.6 Å². The molecule has 0 N–H and O–H groups in total. The highest BCUT2D eigenvalue weighted by atomic mass is 28.5. The van der Waals surface area contributed by atoms with Crippen LogP contribution in [0.2, 0.25) is 25.7 Å². The molecule has 1 aliphatic rings. The maximum absolute atomic E-state index is 12.2. The van der Waals surface area contributed by atoms with Gasteiger partial charge in [0.15, 0.2) is 0 Å². The van der Waals surface area contributed by atoms with Gasteiger partial charge in [0.05, 0.1) is 0 Å². The standard InChI is InChI=1S/C6H17F3O4Si4/c1-16(2)11-14-10-15-12-17(3,13-16)5-4-6(7,8)9/h4-5,14-15H2,1-3H3. The topological polar surface area (TPSA) is 36.9 Å². The second kappa shape index (κ2) is 5.64. The minimum atomic E-state index is -4.17. The number of rotatable bonds is 2. The van der Waals surface area contributed by atoms with Gasteiger partial charge >= 0.3 is 23.3 Å². The van der Waals surface area contributed by atoms with Crippen LogP contribution >= 0.6 is 0 Å². The summed E-state index contributed by atoms with van der Waals surface area (Å²) in [5, 5.41) is 0. The molecule has 0 spiro atoms. The lowest BCUT2D eigenvalue weighted by atomic mass is 10.5. The van der Waals surface area contributed by atoms with Crippen LogP contribution in [0, 0.1) is 0 Å². The Kier molecular flexibility index (Phi) is 5.16. The van der Waals surface area contributed by atoms with E-state index in [1.807, 2.05) is 13.1 Å². The summed E-state index contributed by atoms with van der Waals surface area (Å²) < 4.78 is 58.8. The van der Waals surface area contributed by atoms with Crippen molar-refractivity contribution in [2.75, 3.05) is 0 Å². The lowest BCUT2D eigenvalue weighted by Crippen LogP contribution is -2.54. The lowest BCUT2D eigenvalue weighted by Gasteiger charge is -2.37. The number of alkyl halides is 3. The zero-order valence-electron chi connectivity index (χ0n) is 10.1. The average Bonchev–Trinajstić information content (AvgIpc) is 2.10. The van der Waals surface area contributed by atoms with E-state index in [4.69, 9.17) is 16.5 Å². The quantitative estimate of drug-likeness (QED) is 0.705. The third-order valence-electron chi connectivity index (χ3n) is 2.26. The van der Waals surface area contributed by atoms with E-state index < -0.39 is 49.7 Å². The van der Waals surface area contributed by atoms with Gasteiger partial charge in [-0.3, -0.25) is 0 Å². The van der Waals surface area contributed by atoms with Crippen LogP contribution < -0.4 is 0 Å². The Bertz CT molecular complexity index is 264. The molecular weight excluding hydrogens is 305 g/mol. The van der Waals surface area contributed by atoms with E-state index in [2.05, 4.69) is 0 Å². The molecule has 0 saturated carbocycles. The molecule has 0 bridgehead atoms. The fraction of sp³-hybridized carbons (Fsp3) is 1.00. The molecule has 0 amide bonds. The van der Waals surface area contributed by atoms with Gasteiger partial charge in [-0.2, -0.15) is 13.2 Å². The van der Waals surface area contributed by atoms with E-state index in [9.17, 15) is 13.2 Å². The van der Waals surface area contributed by atoms with Crippen LogP contribution in [0.25, 0.3) is 0 Å². The fourth-order valence-electron chi connectivity index (χ4n) is 1.45. The summed E-state index contributed by atoms with van der Waals surface area (Å²) >= 11 is 0. The predicted octanol–water partition coefficient (Wildman–Crippen LogP) is 0.790. The second-order valence-electron chi connectivity index (χ2n) is 4.48. The summed E-state index contributed by atoms with van der Waals surface area (Å²) in [6.45, 7) is 5.30. The first-order chi connectivity index (χ1) is 7.62. The van der Waals surface area contributed by atoms with Gasteiger partial charge < -0.3 is 16.5 Å². The molecule has 1 heterocycles. The number of hydrogen-bond acceptors (Lipinski definition) is 4. The summed E-state index contributed by atoms with van der Waals surface area (Å²) in [6.07, 6.45) is -5.04. The van der Waals surface area contributed by atoms with E-state index in [0.717, 1.165) is 0 Å². The van der Waals surface area contributed by atoms with Crippen molar-refractivity contribution in [1.29, 1.82) is 0 Å². The molecule has 4 nitrogen and oxygen atoms in total. The minimum Gasteiger partial charge on any atom is -0.425 e. The van der Waals surface area contributed by atoms with Crippen LogP contribution in [0.5, 0.6) is 0 Å². The normalized spacial score (nSPS) is 33.5. The van der Waals surface area contributed by atoms with Crippen molar-refractivity contribution in [3.63, 3.8) is 0 Å². The Hall–Kier alpha value is 0.498. The van der Waals surface area contributed by atoms with E-state index in [1.165, 1.54) is 0 Å². The van der Waals surface area contributed by atoms with Crippen LogP contribution in [0.4, 0.5) is 13.2 Å². The van der Waals surface area contributed by atoms with E-state index in [1.54, 1.807) is 6.55 Å². The maximum atomic E-state index is 12.2. The third kappa shape index (κ3) is 6.28. The van der Waals surface area contributed by atoms with Gasteiger partial charge in [-0.05, 0) is 25.7 Å². The Morgan fingerprint density at radius 3 is 2.24 bits per heavy atom. The molecule has 0 radical (unpaired) electrons. The van der Waals surface area contributed by atoms with Crippen molar-refractivity contribution >= 4 is 37.1 Å². The molecule has 17 heavy (non-hydrogen) atoms. The van der Waals surface area contributed by atoms with Crippen molar-refractivity contribution in [3.8, 4) is 0 Å². The van der Waals surface area contributed by atoms with E-state index in [0.29, 0.717) is 0 Å². The summed E-state index contributed by atoms with van der Waals surface area (Å²) in [5.74, 6) is 0. The minimum absolute atomic E-state index is 0.0891. The Morgan fingerprint density at radius 2 is 1.65 bits per heavy atom.